The molecule has 0 bridgehead atoms. The number of amides is 1. The molecule has 1 aromatic carbocycles. The molecule has 1 heterocycles. The maximum atomic E-state index is 12.3. The lowest BCUT2D eigenvalue weighted by molar-refractivity contribution is -0.123. The van der Waals surface area contributed by atoms with Gasteiger partial charge in [-0.25, -0.2) is 13.1 Å². The summed E-state index contributed by atoms with van der Waals surface area (Å²) >= 11 is 5.67. The number of benzene rings is 1. The molecule has 8 heteroatoms. The molecule has 1 aliphatic rings. The second kappa shape index (κ2) is 10.3. The summed E-state index contributed by atoms with van der Waals surface area (Å²) in [7, 11) is -3.49. The summed E-state index contributed by atoms with van der Waals surface area (Å²) in [6, 6.07) is 6.93. The van der Waals surface area contributed by atoms with E-state index in [1.54, 1.807) is 12.1 Å². The van der Waals surface area contributed by atoms with Crippen LogP contribution in [0.3, 0.4) is 0 Å². The van der Waals surface area contributed by atoms with Crippen molar-refractivity contribution in [2.45, 2.75) is 37.0 Å². The highest BCUT2D eigenvalue weighted by molar-refractivity contribution is 7.89. The molecule has 0 aromatic heterocycles. The van der Waals surface area contributed by atoms with Crippen LogP contribution < -0.4 is 10.5 Å². The van der Waals surface area contributed by atoms with E-state index in [9.17, 15) is 13.2 Å². The lowest BCUT2D eigenvalue weighted by atomic mass is 9.97. The number of hydrogen-bond acceptors (Lipinski definition) is 4. The van der Waals surface area contributed by atoms with Crippen molar-refractivity contribution in [3.63, 3.8) is 0 Å². The van der Waals surface area contributed by atoms with E-state index in [1.807, 2.05) is 12.1 Å². The van der Waals surface area contributed by atoms with Crippen LogP contribution in [0.1, 0.15) is 31.2 Å². The normalized spacial score (nSPS) is 18.7. The molecule has 0 spiro atoms. The van der Waals surface area contributed by atoms with Crippen molar-refractivity contribution in [1.29, 1.82) is 0 Å². The Labute approximate surface area is 161 Å². The summed E-state index contributed by atoms with van der Waals surface area (Å²) in [6.45, 7) is 2.73. The van der Waals surface area contributed by atoms with Crippen LogP contribution in [0.5, 0.6) is 0 Å². The minimum absolute atomic E-state index is 0.0854. The second-order valence-corrected chi connectivity index (χ2v) is 8.87. The standard InChI is InChI=1S/C18H28ClN3O3S/c19-10-1-4-15-6-8-17(9-7-15)26(24,25)21-11-3-13-22-12-2-5-16(14-22)18(20)23/h6-9,16,21H,1-5,10-14H2,(H2,20,23). The van der Waals surface area contributed by atoms with Crippen LogP contribution in [0.25, 0.3) is 0 Å². The largest absolute Gasteiger partial charge is 0.369 e. The first-order valence-corrected chi connectivity index (χ1v) is 11.1. The van der Waals surface area contributed by atoms with Crippen molar-refractivity contribution < 1.29 is 13.2 Å². The fourth-order valence-electron chi connectivity index (χ4n) is 3.19. The first-order valence-electron chi connectivity index (χ1n) is 9.08. The molecule has 1 saturated heterocycles. The summed E-state index contributed by atoms with van der Waals surface area (Å²) in [5.74, 6) is 0.265. The molecular formula is C18H28ClN3O3S. The Morgan fingerprint density at radius 2 is 2.00 bits per heavy atom. The van der Waals surface area contributed by atoms with Gasteiger partial charge in [-0.1, -0.05) is 12.1 Å². The first-order chi connectivity index (χ1) is 12.4. The van der Waals surface area contributed by atoms with Gasteiger partial charge in [0, 0.05) is 19.0 Å². The van der Waals surface area contributed by atoms with Crippen molar-refractivity contribution in [3.05, 3.63) is 29.8 Å². The van der Waals surface area contributed by atoms with Gasteiger partial charge >= 0.3 is 0 Å². The van der Waals surface area contributed by atoms with E-state index in [2.05, 4.69) is 9.62 Å². The van der Waals surface area contributed by atoms with Crippen LogP contribution in [0.15, 0.2) is 29.2 Å². The Bertz CT molecular complexity index is 679. The summed E-state index contributed by atoms with van der Waals surface area (Å²) in [4.78, 5) is 13.8. The second-order valence-electron chi connectivity index (χ2n) is 6.73. The van der Waals surface area contributed by atoms with Crippen LogP contribution in [0.2, 0.25) is 0 Å². The number of piperidine rings is 1. The van der Waals surface area contributed by atoms with E-state index in [0.717, 1.165) is 44.3 Å². The van der Waals surface area contributed by atoms with Crippen molar-refractivity contribution in [2.24, 2.45) is 11.7 Å². The SMILES string of the molecule is NC(=O)C1CCCN(CCCNS(=O)(=O)c2ccc(CCCCl)cc2)C1. The van der Waals surface area contributed by atoms with Gasteiger partial charge in [0.05, 0.1) is 10.8 Å². The molecule has 1 amide bonds. The number of carbonyl (C=O) groups excluding carboxylic acids is 1. The number of primary amides is 1. The number of nitrogens with zero attached hydrogens (tertiary/aromatic N) is 1. The Morgan fingerprint density at radius 1 is 1.27 bits per heavy atom. The van der Waals surface area contributed by atoms with E-state index >= 15 is 0 Å². The minimum atomic E-state index is -3.49. The van der Waals surface area contributed by atoms with Gasteiger partial charge in [-0.15, -0.1) is 11.6 Å². The van der Waals surface area contributed by atoms with Crippen molar-refractivity contribution in [3.8, 4) is 0 Å². The molecule has 26 heavy (non-hydrogen) atoms. The number of aryl methyl sites for hydroxylation is 1. The van der Waals surface area contributed by atoms with Gasteiger partial charge in [0.25, 0.3) is 0 Å². The highest BCUT2D eigenvalue weighted by atomic mass is 35.5. The zero-order valence-electron chi connectivity index (χ0n) is 15.0. The van der Waals surface area contributed by atoms with Gasteiger partial charge in [0.15, 0.2) is 0 Å². The topological polar surface area (TPSA) is 92.5 Å². The Morgan fingerprint density at radius 3 is 2.65 bits per heavy atom. The molecular weight excluding hydrogens is 374 g/mol. The molecule has 0 aliphatic carbocycles. The summed E-state index contributed by atoms with van der Waals surface area (Å²) in [5.41, 5.74) is 6.46. The summed E-state index contributed by atoms with van der Waals surface area (Å²) in [6.07, 6.45) is 4.21. The zero-order valence-corrected chi connectivity index (χ0v) is 16.6. The van der Waals surface area contributed by atoms with Crippen LogP contribution in [0.4, 0.5) is 0 Å². The molecule has 2 rings (SSSR count). The van der Waals surface area contributed by atoms with Gasteiger partial charge in [-0.3, -0.25) is 4.79 Å². The monoisotopic (exact) mass is 401 g/mol. The maximum Gasteiger partial charge on any atom is 0.240 e. The molecule has 0 radical (unpaired) electrons. The van der Waals surface area contributed by atoms with Gasteiger partial charge in [-0.05, 0) is 62.9 Å². The molecule has 6 nitrogen and oxygen atoms in total. The number of rotatable bonds is 10. The Kier molecular flexibility index (Phi) is 8.34. The molecule has 0 saturated carbocycles. The van der Waals surface area contributed by atoms with E-state index in [0.29, 0.717) is 25.4 Å². The molecule has 3 N–H and O–H groups in total. The molecule has 1 aromatic rings. The molecule has 1 fully saturated rings. The lowest BCUT2D eigenvalue weighted by Crippen LogP contribution is -2.42. The molecule has 1 aliphatic heterocycles. The summed E-state index contributed by atoms with van der Waals surface area (Å²) in [5, 5.41) is 0. The zero-order chi connectivity index (χ0) is 19.0. The first kappa shape index (κ1) is 21.2. The van der Waals surface area contributed by atoms with Crippen molar-refractivity contribution >= 4 is 27.5 Å². The Balaban J connectivity index is 1.76. The van der Waals surface area contributed by atoms with E-state index in [-0.39, 0.29) is 16.7 Å². The van der Waals surface area contributed by atoms with Crippen LogP contribution in [-0.4, -0.2) is 51.3 Å². The van der Waals surface area contributed by atoms with E-state index in [4.69, 9.17) is 17.3 Å². The maximum absolute atomic E-state index is 12.3. The third-order valence-electron chi connectivity index (χ3n) is 4.68. The molecule has 1 atom stereocenters. The lowest BCUT2D eigenvalue weighted by Gasteiger charge is -2.31. The number of alkyl halides is 1. The fraction of sp³-hybridized carbons (Fsp3) is 0.611. The van der Waals surface area contributed by atoms with Crippen molar-refractivity contribution in [2.75, 3.05) is 32.1 Å². The van der Waals surface area contributed by atoms with Crippen molar-refractivity contribution in [1.82, 2.24) is 9.62 Å². The average molecular weight is 402 g/mol. The van der Waals surface area contributed by atoms with E-state index in [1.165, 1.54) is 0 Å². The number of likely N-dealkylation sites (tertiary alicyclic amines) is 1. The fourth-order valence-corrected chi connectivity index (χ4v) is 4.40. The third-order valence-corrected chi connectivity index (χ3v) is 6.43. The quantitative estimate of drug-likeness (QED) is 0.461. The highest BCUT2D eigenvalue weighted by Crippen LogP contribution is 2.16. The number of nitrogens with two attached hydrogens (primary N) is 1. The average Bonchev–Trinajstić information content (AvgIpc) is 2.64. The number of halogens is 1. The predicted octanol–water partition coefficient (Wildman–Crippen LogP) is 1.72. The highest BCUT2D eigenvalue weighted by Gasteiger charge is 2.23. The Hall–Kier alpha value is -1.15. The van der Waals surface area contributed by atoms with E-state index < -0.39 is 10.0 Å². The molecule has 146 valence electrons. The van der Waals surface area contributed by atoms with Crippen LogP contribution >= 0.6 is 11.6 Å². The van der Waals surface area contributed by atoms with Gasteiger partial charge < -0.3 is 10.6 Å². The predicted molar refractivity (Wildman–Crippen MR) is 104 cm³/mol. The summed E-state index contributed by atoms with van der Waals surface area (Å²) < 4.78 is 27.3. The van der Waals surface area contributed by atoms with Gasteiger partial charge in [0.1, 0.15) is 0 Å². The van der Waals surface area contributed by atoms with Gasteiger partial charge in [-0.2, -0.15) is 0 Å². The molecule has 1 unspecified atom stereocenters. The number of sulfonamides is 1. The number of carbonyl (C=O) groups is 1. The van der Waals surface area contributed by atoms with Crippen LogP contribution in [0, 0.1) is 5.92 Å². The minimum Gasteiger partial charge on any atom is -0.369 e. The number of hydrogen-bond donors (Lipinski definition) is 2. The smallest absolute Gasteiger partial charge is 0.240 e. The third kappa shape index (κ3) is 6.54. The number of nitrogens with one attached hydrogen (secondary N) is 1. The van der Waals surface area contributed by atoms with Crippen LogP contribution in [-0.2, 0) is 21.2 Å². The van der Waals surface area contributed by atoms with Gasteiger partial charge in [0.2, 0.25) is 15.9 Å².